The first-order chi connectivity index (χ1) is 9.47. The van der Waals surface area contributed by atoms with E-state index in [1.165, 1.54) is 18.2 Å². The quantitative estimate of drug-likeness (QED) is 0.900. The smallest absolute Gasteiger partial charge is 0.251 e. The minimum absolute atomic E-state index is 0.188. The second kappa shape index (κ2) is 6.13. The van der Waals surface area contributed by atoms with Gasteiger partial charge in [0.05, 0.1) is 4.47 Å². The van der Waals surface area contributed by atoms with Crippen molar-refractivity contribution in [2.75, 3.05) is 0 Å². The van der Waals surface area contributed by atoms with Crippen LogP contribution in [-0.4, -0.2) is 5.91 Å². The molecule has 2 aromatic rings. The number of hydrogen-bond donors (Lipinski definition) is 1. The maximum atomic E-state index is 13.4. The Morgan fingerprint density at radius 3 is 2.55 bits per heavy atom. The van der Waals surface area contributed by atoms with Crippen LogP contribution in [-0.2, 0) is 6.54 Å². The van der Waals surface area contributed by atoms with Gasteiger partial charge in [-0.3, -0.25) is 4.79 Å². The molecule has 0 radical (unpaired) electrons. The van der Waals surface area contributed by atoms with Crippen LogP contribution in [0, 0.1) is 18.6 Å². The summed E-state index contributed by atoms with van der Waals surface area (Å²) in [6.45, 7) is 1.86. The average molecular weight is 340 g/mol. The van der Waals surface area contributed by atoms with Gasteiger partial charge in [-0.2, -0.15) is 0 Å². The summed E-state index contributed by atoms with van der Waals surface area (Å²) < 4.78 is 27.0. The summed E-state index contributed by atoms with van der Waals surface area (Å²) in [6, 6.07) is 8.89. The summed E-state index contributed by atoms with van der Waals surface area (Å²) in [5.74, 6) is -1.22. The Bertz CT molecular complexity index is 658. The summed E-state index contributed by atoms with van der Waals surface area (Å²) >= 11 is 3.02. The third-order valence-electron chi connectivity index (χ3n) is 2.87. The topological polar surface area (TPSA) is 29.1 Å². The van der Waals surface area contributed by atoms with E-state index >= 15 is 0 Å². The van der Waals surface area contributed by atoms with Gasteiger partial charge in [-0.15, -0.1) is 0 Å². The van der Waals surface area contributed by atoms with Gasteiger partial charge in [0.1, 0.15) is 11.6 Å². The monoisotopic (exact) mass is 339 g/mol. The molecule has 20 heavy (non-hydrogen) atoms. The number of rotatable bonds is 3. The number of benzene rings is 2. The van der Waals surface area contributed by atoms with Crippen molar-refractivity contribution >= 4 is 21.8 Å². The third kappa shape index (κ3) is 3.42. The summed E-state index contributed by atoms with van der Waals surface area (Å²) in [7, 11) is 0. The summed E-state index contributed by atoms with van der Waals surface area (Å²) in [6.07, 6.45) is 0. The minimum Gasteiger partial charge on any atom is -0.348 e. The van der Waals surface area contributed by atoms with E-state index in [2.05, 4.69) is 21.2 Å². The van der Waals surface area contributed by atoms with E-state index in [0.29, 0.717) is 15.6 Å². The highest BCUT2D eigenvalue weighted by Gasteiger charge is 2.09. The van der Waals surface area contributed by atoms with E-state index in [9.17, 15) is 13.6 Å². The minimum atomic E-state index is -0.501. The Morgan fingerprint density at radius 2 is 1.90 bits per heavy atom. The van der Waals surface area contributed by atoms with Gasteiger partial charge < -0.3 is 5.32 Å². The van der Waals surface area contributed by atoms with Crippen LogP contribution in [0.3, 0.4) is 0 Å². The number of halogens is 3. The van der Waals surface area contributed by atoms with Gasteiger partial charge in [0.25, 0.3) is 5.91 Å². The molecule has 1 amide bonds. The fourth-order valence-electron chi connectivity index (χ4n) is 1.67. The van der Waals surface area contributed by atoms with Crippen molar-refractivity contribution in [3.63, 3.8) is 0 Å². The molecule has 0 unspecified atom stereocenters. The molecule has 0 bridgehead atoms. The zero-order valence-electron chi connectivity index (χ0n) is 10.7. The molecule has 0 fully saturated rings. The molecule has 0 heterocycles. The Hall–Kier alpha value is -1.75. The number of amides is 1. The zero-order chi connectivity index (χ0) is 14.7. The number of aryl methyl sites for hydroxylation is 1. The number of hydrogen-bond acceptors (Lipinski definition) is 1. The van der Waals surface area contributed by atoms with Gasteiger partial charge in [0.2, 0.25) is 0 Å². The van der Waals surface area contributed by atoms with Crippen molar-refractivity contribution < 1.29 is 13.6 Å². The van der Waals surface area contributed by atoms with Crippen molar-refractivity contribution in [1.29, 1.82) is 0 Å². The summed E-state index contributed by atoms with van der Waals surface area (Å²) in [5.41, 5.74) is 1.42. The highest BCUT2D eigenvalue weighted by molar-refractivity contribution is 9.10. The normalized spacial score (nSPS) is 10.4. The lowest BCUT2D eigenvalue weighted by Gasteiger charge is -2.07. The van der Waals surface area contributed by atoms with Crippen LogP contribution in [0.1, 0.15) is 21.5 Å². The van der Waals surface area contributed by atoms with Crippen LogP contribution in [0.2, 0.25) is 0 Å². The van der Waals surface area contributed by atoms with Crippen molar-refractivity contribution in [3.8, 4) is 0 Å². The highest BCUT2D eigenvalue weighted by atomic mass is 79.9. The van der Waals surface area contributed by atoms with Gasteiger partial charge in [-0.25, -0.2) is 8.78 Å². The zero-order valence-corrected chi connectivity index (χ0v) is 12.3. The molecular weight excluding hydrogens is 328 g/mol. The lowest BCUT2D eigenvalue weighted by atomic mass is 10.1. The molecule has 0 saturated heterocycles. The third-order valence-corrected chi connectivity index (χ3v) is 3.51. The molecule has 0 aliphatic heterocycles. The van der Waals surface area contributed by atoms with Crippen molar-refractivity contribution in [1.82, 2.24) is 5.32 Å². The summed E-state index contributed by atoms with van der Waals surface area (Å²) in [5, 5.41) is 2.62. The van der Waals surface area contributed by atoms with E-state index in [1.54, 1.807) is 19.1 Å². The molecule has 0 atom stereocenters. The van der Waals surface area contributed by atoms with Gasteiger partial charge in [0.15, 0.2) is 0 Å². The molecule has 0 aromatic heterocycles. The van der Waals surface area contributed by atoms with Crippen LogP contribution < -0.4 is 5.32 Å². The SMILES string of the molecule is Cc1ccc(CNC(=O)c2ccc(Br)c(F)c2)cc1F. The summed E-state index contributed by atoms with van der Waals surface area (Å²) in [4.78, 5) is 11.8. The first-order valence-corrected chi connectivity index (χ1v) is 6.75. The molecule has 2 rings (SSSR count). The first-order valence-electron chi connectivity index (χ1n) is 5.95. The molecule has 0 aliphatic rings. The predicted molar refractivity (Wildman–Crippen MR) is 76.4 cm³/mol. The molecule has 2 aromatic carbocycles. The molecule has 2 nitrogen and oxygen atoms in total. The van der Waals surface area contributed by atoms with Crippen LogP contribution in [0.25, 0.3) is 0 Å². The predicted octanol–water partition coefficient (Wildman–Crippen LogP) is 3.97. The Morgan fingerprint density at radius 1 is 1.15 bits per heavy atom. The van der Waals surface area contributed by atoms with Crippen LogP contribution >= 0.6 is 15.9 Å². The lowest BCUT2D eigenvalue weighted by Crippen LogP contribution is -2.23. The Balaban J connectivity index is 2.04. The van der Waals surface area contributed by atoms with Crippen molar-refractivity contribution in [2.45, 2.75) is 13.5 Å². The van der Waals surface area contributed by atoms with E-state index in [-0.39, 0.29) is 17.9 Å². The van der Waals surface area contributed by atoms with E-state index in [4.69, 9.17) is 0 Å². The van der Waals surface area contributed by atoms with Gasteiger partial charge in [-0.05, 0) is 58.2 Å². The Kier molecular flexibility index (Phi) is 4.49. The Labute approximate surface area is 123 Å². The molecule has 0 spiro atoms. The molecule has 0 saturated carbocycles. The molecule has 104 valence electrons. The number of nitrogens with one attached hydrogen (secondary N) is 1. The average Bonchev–Trinajstić information content (AvgIpc) is 2.43. The van der Waals surface area contributed by atoms with Crippen LogP contribution in [0.15, 0.2) is 40.9 Å². The van der Waals surface area contributed by atoms with E-state index in [1.807, 2.05) is 0 Å². The number of carbonyl (C=O) groups is 1. The van der Waals surface area contributed by atoms with Crippen LogP contribution in [0.4, 0.5) is 8.78 Å². The largest absolute Gasteiger partial charge is 0.348 e. The molecular formula is C15H12BrF2NO. The fraction of sp³-hybridized carbons (Fsp3) is 0.133. The molecule has 1 N–H and O–H groups in total. The fourth-order valence-corrected chi connectivity index (χ4v) is 1.91. The standard InChI is InChI=1S/C15H12BrF2NO/c1-9-2-3-10(6-13(9)17)8-19-15(20)11-4-5-12(16)14(18)7-11/h2-7H,8H2,1H3,(H,19,20). The lowest BCUT2D eigenvalue weighted by molar-refractivity contribution is 0.0950. The van der Waals surface area contributed by atoms with Gasteiger partial charge >= 0.3 is 0 Å². The van der Waals surface area contributed by atoms with Gasteiger partial charge in [-0.1, -0.05) is 12.1 Å². The number of carbonyl (C=O) groups excluding carboxylic acids is 1. The molecule has 0 aliphatic carbocycles. The maximum absolute atomic E-state index is 13.4. The van der Waals surface area contributed by atoms with Crippen molar-refractivity contribution in [2.24, 2.45) is 0 Å². The van der Waals surface area contributed by atoms with E-state index < -0.39 is 11.7 Å². The second-order valence-corrected chi connectivity index (χ2v) is 5.25. The van der Waals surface area contributed by atoms with Crippen LogP contribution in [0.5, 0.6) is 0 Å². The second-order valence-electron chi connectivity index (χ2n) is 4.40. The van der Waals surface area contributed by atoms with E-state index in [0.717, 1.165) is 6.07 Å². The maximum Gasteiger partial charge on any atom is 0.251 e. The first kappa shape index (κ1) is 14.7. The molecule has 5 heteroatoms. The van der Waals surface area contributed by atoms with Gasteiger partial charge in [0, 0.05) is 12.1 Å². The highest BCUT2D eigenvalue weighted by Crippen LogP contribution is 2.16. The van der Waals surface area contributed by atoms with Crippen molar-refractivity contribution in [3.05, 3.63) is 69.2 Å².